The lowest BCUT2D eigenvalue weighted by atomic mass is 9.93. The number of methoxy groups -OCH3 is 1. The van der Waals surface area contributed by atoms with Gasteiger partial charge in [-0.3, -0.25) is 0 Å². The van der Waals surface area contributed by atoms with Crippen molar-refractivity contribution in [3.8, 4) is 0 Å². The molecule has 0 radical (unpaired) electrons. The van der Waals surface area contributed by atoms with Crippen molar-refractivity contribution >= 4 is 0 Å². The average Bonchev–Trinajstić information content (AvgIpc) is 2.06. The first-order chi connectivity index (χ1) is 6.24. The van der Waals surface area contributed by atoms with E-state index in [0.717, 1.165) is 25.0 Å². The minimum atomic E-state index is 0.744. The largest absolute Gasteiger partial charge is 0.384 e. The fourth-order valence-corrected chi connectivity index (χ4v) is 1.63. The third-order valence-electron chi connectivity index (χ3n) is 2.06. The topological polar surface area (TPSA) is 21.3 Å². The molecule has 0 aromatic carbocycles. The van der Waals surface area contributed by atoms with Gasteiger partial charge in [-0.25, -0.2) is 0 Å². The number of hydrogen-bond donors (Lipinski definition) is 1. The van der Waals surface area contributed by atoms with E-state index in [-0.39, 0.29) is 0 Å². The Kier molecular flexibility index (Phi) is 8.46. The zero-order chi connectivity index (χ0) is 10.1. The summed E-state index contributed by atoms with van der Waals surface area (Å²) in [7, 11) is 1.78. The van der Waals surface area contributed by atoms with Crippen LogP contribution in [0.5, 0.6) is 0 Å². The number of rotatable bonds is 2. The van der Waals surface area contributed by atoms with Gasteiger partial charge in [0.25, 0.3) is 0 Å². The Morgan fingerprint density at radius 3 is 2.38 bits per heavy atom. The predicted molar refractivity (Wildman–Crippen MR) is 58.0 cm³/mol. The summed E-state index contributed by atoms with van der Waals surface area (Å²) in [5.74, 6) is 1.57. The van der Waals surface area contributed by atoms with Gasteiger partial charge >= 0.3 is 0 Å². The standard InChI is InChI=1S/C8H17NO.C3H8/c1-7-3-8(6-10-2)5-9-4-7;1-3-2/h7-9H,3-6H2,1-2H3;3H2,1-2H3/t7-,8-;/m1./s1. The molecule has 0 amide bonds. The maximum atomic E-state index is 5.09. The SMILES string of the molecule is CCC.COC[C@H]1CNC[C@H](C)C1. The van der Waals surface area contributed by atoms with Gasteiger partial charge in [0.15, 0.2) is 0 Å². The predicted octanol–water partition coefficient (Wildman–Crippen LogP) is 2.29. The van der Waals surface area contributed by atoms with E-state index in [2.05, 4.69) is 26.1 Å². The monoisotopic (exact) mass is 187 g/mol. The number of hydrogen-bond acceptors (Lipinski definition) is 2. The minimum Gasteiger partial charge on any atom is -0.384 e. The molecular formula is C11H25NO. The summed E-state index contributed by atoms with van der Waals surface area (Å²) >= 11 is 0. The highest BCUT2D eigenvalue weighted by Gasteiger charge is 2.17. The normalized spacial score (nSPS) is 27.7. The molecule has 1 rings (SSSR count). The zero-order valence-corrected chi connectivity index (χ0v) is 9.60. The molecule has 1 aliphatic rings. The quantitative estimate of drug-likeness (QED) is 0.716. The lowest BCUT2D eigenvalue weighted by Crippen LogP contribution is -2.36. The molecule has 80 valence electrons. The molecule has 0 unspecified atom stereocenters. The first-order valence-electron chi connectivity index (χ1n) is 5.44. The van der Waals surface area contributed by atoms with Crippen LogP contribution in [-0.4, -0.2) is 26.8 Å². The lowest BCUT2D eigenvalue weighted by Gasteiger charge is -2.26. The van der Waals surface area contributed by atoms with Gasteiger partial charge in [-0.05, 0) is 24.8 Å². The summed E-state index contributed by atoms with van der Waals surface area (Å²) in [6, 6.07) is 0. The highest BCUT2D eigenvalue weighted by atomic mass is 16.5. The highest BCUT2D eigenvalue weighted by molar-refractivity contribution is 4.72. The molecule has 2 heteroatoms. The van der Waals surface area contributed by atoms with Gasteiger partial charge in [0, 0.05) is 13.7 Å². The Morgan fingerprint density at radius 1 is 1.31 bits per heavy atom. The van der Waals surface area contributed by atoms with Gasteiger partial charge in [0.2, 0.25) is 0 Å². The second-order valence-electron chi connectivity index (χ2n) is 4.03. The summed E-state index contributed by atoms with van der Waals surface area (Å²) in [6.45, 7) is 9.77. The van der Waals surface area contributed by atoms with Crippen LogP contribution in [0, 0.1) is 11.8 Å². The zero-order valence-electron chi connectivity index (χ0n) is 9.60. The fourth-order valence-electron chi connectivity index (χ4n) is 1.63. The van der Waals surface area contributed by atoms with Crippen LogP contribution in [0.3, 0.4) is 0 Å². The Balaban J connectivity index is 0.000000424. The summed E-state index contributed by atoms with van der Waals surface area (Å²) in [5, 5.41) is 3.39. The second kappa shape index (κ2) is 8.52. The molecule has 0 saturated carbocycles. The molecular weight excluding hydrogens is 162 g/mol. The Morgan fingerprint density at radius 2 is 1.92 bits per heavy atom. The van der Waals surface area contributed by atoms with E-state index in [9.17, 15) is 0 Å². The fraction of sp³-hybridized carbons (Fsp3) is 1.00. The molecule has 0 spiro atoms. The van der Waals surface area contributed by atoms with Crippen molar-refractivity contribution in [2.75, 3.05) is 26.8 Å². The third kappa shape index (κ3) is 7.03. The van der Waals surface area contributed by atoms with Gasteiger partial charge in [-0.1, -0.05) is 27.2 Å². The van der Waals surface area contributed by atoms with Crippen molar-refractivity contribution in [3.05, 3.63) is 0 Å². The summed E-state index contributed by atoms with van der Waals surface area (Å²) in [4.78, 5) is 0. The maximum absolute atomic E-state index is 5.09. The van der Waals surface area contributed by atoms with Crippen molar-refractivity contribution in [1.82, 2.24) is 5.32 Å². The van der Waals surface area contributed by atoms with E-state index in [1.165, 1.54) is 19.4 Å². The average molecular weight is 187 g/mol. The molecule has 0 aliphatic carbocycles. The van der Waals surface area contributed by atoms with Crippen LogP contribution in [0.1, 0.15) is 33.6 Å². The van der Waals surface area contributed by atoms with Crippen molar-refractivity contribution in [1.29, 1.82) is 0 Å². The Bertz CT molecular complexity index is 104. The van der Waals surface area contributed by atoms with Gasteiger partial charge < -0.3 is 10.1 Å². The first-order valence-corrected chi connectivity index (χ1v) is 5.44. The van der Waals surface area contributed by atoms with E-state index in [0.29, 0.717) is 0 Å². The minimum absolute atomic E-state index is 0.744. The maximum Gasteiger partial charge on any atom is 0.0502 e. The second-order valence-corrected chi connectivity index (χ2v) is 4.03. The molecule has 13 heavy (non-hydrogen) atoms. The van der Waals surface area contributed by atoms with Crippen LogP contribution >= 0.6 is 0 Å². The van der Waals surface area contributed by atoms with Crippen LogP contribution in [-0.2, 0) is 4.74 Å². The summed E-state index contributed by atoms with van der Waals surface area (Å²) < 4.78 is 5.09. The van der Waals surface area contributed by atoms with Crippen molar-refractivity contribution in [2.24, 2.45) is 11.8 Å². The molecule has 1 aliphatic heterocycles. The molecule has 1 N–H and O–H groups in total. The molecule has 0 aromatic heterocycles. The molecule has 2 nitrogen and oxygen atoms in total. The lowest BCUT2D eigenvalue weighted by molar-refractivity contribution is 0.125. The number of ether oxygens (including phenoxy) is 1. The van der Waals surface area contributed by atoms with Crippen LogP contribution in [0.25, 0.3) is 0 Å². The van der Waals surface area contributed by atoms with Crippen molar-refractivity contribution in [3.63, 3.8) is 0 Å². The summed E-state index contributed by atoms with van der Waals surface area (Å²) in [6.07, 6.45) is 2.57. The van der Waals surface area contributed by atoms with Crippen LogP contribution in [0.4, 0.5) is 0 Å². The molecule has 0 aromatic rings. The van der Waals surface area contributed by atoms with Gasteiger partial charge in [-0.2, -0.15) is 0 Å². The number of nitrogens with one attached hydrogen (secondary N) is 1. The highest BCUT2D eigenvalue weighted by Crippen LogP contribution is 2.15. The Hall–Kier alpha value is -0.0800. The molecule has 1 heterocycles. The van der Waals surface area contributed by atoms with Gasteiger partial charge in [0.1, 0.15) is 0 Å². The van der Waals surface area contributed by atoms with Crippen LogP contribution in [0.15, 0.2) is 0 Å². The third-order valence-corrected chi connectivity index (χ3v) is 2.06. The van der Waals surface area contributed by atoms with Gasteiger partial charge in [-0.15, -0.1) is 0 Å². The van der Waals surface area contributed by atoms with E-state index in [4.69, 9.17) is 4.74 Å². The van der Waals surface area contributed by atoms with Gasteiger partial charge in [0.05, 0.1) is 6.61 Å². The van der Waals surface area contributed by atoms with E-state index in [1.54, 1.807) is 7.11 Å². The molecule has 1 saturated heterocycles. The van der Waals surface area contributed by atoms with Crippen LogP contribution < -0.4 is 5.32 Å². The van der Waals surface area contributed by atoms with E-state index in [1.807, 2.05) is 0 Å². The molecule has 0 bridgehead atoms. The summed E-state index contributed by atoms with van der Waals surface area (Å²) in [5.41, 5.74) is 0. The van der Waals surface area contributed by atoms with Crippen molar-refractivity contribution < 1.29 is 4.74 Å². The number of piperidine rings is 1. The molecule has 1 fully saturated rings. The molecule has 2 atom stereocenters. The van der Waals surface area contributed by atoms with E-state index >= 15 is 0 Å². The van der Waals surface area contributed by atoms with E-state index < -0.39 is 0 Å². The first kappa shape index (κ1) is 12.9. The van der Waals surface area contributed by atoms with Crippen LogP contribution in [0.2, 0.25) is 0 Å². The smallest absolute Gasteiger partial charge is 0.0502 e. The van der Waals surface area contributed by atoms with Crippen molar-refractivity contribution in [2.45, 2.75) is 33.6 Å². The Labute approximate surface area is 83.1 Å².